The van der Waals surface area contributed by atoms with Crippen LogP contribution in [0.25, 0.3) is 0 Å². The van der Waals surface area contributed by atoms with Gasteiger partial charge in [-0.2, -0.15) is 10.2 Å². The van der Waals surface area contributed by atoms with Gasteiger partial charge in [0.15, 0.2) is 0 Å². The van der Waals surface area contributed by atoms with Crippen molar-refractivity contribution < 1.29 is 0 Å². The maximum Gasteiger partial charge on any atom is 0.0528 e. The topological polar surface area (TPSA) is 25.8 Å². The zero-order chi connectivity index (χ0) is 7.73. The van der Waals surface area contributed by atoms with E-state index in [0.717, 1.165) is 0 Å². The minimum absolute atomic E-state index is 0.586. The largest absolute Gasteiger partial charge is 0.159 e. The number of rotatable bonds is 2. The van der Waals surface area contributed by atoms with Crippen LogP contribution in [0.3, 0.4) is 0 Å². The molecule has 0 saturated heterocycles. The molecular weight excluding hydrogens is 136 g/mol. The third-order valence-electron chi connectivity index (χ3n) is 2.38. The van der Waals surface area contributed by atoms with Crippen LogP contribution >= 0.6 is 0 Å². The number of hydrogen-bond acceptors (Lipinski definition) is 2. The summed E-state index contributed by atoms with van der Waals surface area (Å²) < 4.78 is 0. The highest BCUT2D eigenvalue weighted by molar-refractivity contribution is 5.11. The van der Waals surface area contributed by atoms with Gasteiger partial charge >= 0.3 is 0 Å². The molecule has 1 aliphatic carbocycles. The van der Waals surface area contributed by atoms with E-state index in [9.17, 15) is 0 Å². The molecule has 58 valence electrons. The van der Waals surface area contributed by atoms with Gasteiger partial charge in [0.05, 0.1) is 6.20 Å². The van der Waals surface area contributed by atoms with Crippen LogP contribution in [0.4, 0.5) is 0 Å². The van der Waals surface area contributed by atoms with Gasteiger partial charge in [-0.05, 0) is 36.3 Å². The van der Waals surface area contributed by atoms with E-state index in [4.69, 9.17) is 0 Å². The van der Waals surface area contributed by atoms with Crippen LogP contribution in [-0.4, -0.2) is 10.2 Å². The van der Waals surface area contributed by atoms with Gasteiger partial charge in [-0.15, -0.1) is 0 Å². The molecule has 1 saturated carbocycles. The molecule has 1 aromatic rings. The molecule has 1 aromatic heterocycles. The van der Waals surface area contributed by atoms with Gasteiger partial charge in [0, 0.05) is 6.20 Å². The number of hydrogen-bond donors (Lipinski definition) is 0. The van der Waals surface area contributed by atoms with Crippen molar-refractivity contribution >= 4 is 0 Å². The van der Waals surface area contributed by atoms with Crippen LogP contribution in [0.2, 0.25) is 0 Å². The summed E-state index contributed by atoms with van der Waals surface area (Å²) >= 11 is 0. The average molecular weight is 148 g/mol. The lowest BCUT2D eigenvalue weighted by Crippen LogP contribution is -1.99. The summed E-state index contributed by atoms with van der Waals surface area (Å²) in [7, 11) is 0. The molecule has 0 aliphatic heterocycles. The Labute approximate surface area is 66.7 Å². The summed E-state index contributed by atoms with van der Waals surface area (Å²) in [5.41, 5.74) is 1.91. The Morgan fingerprint density at radius 1 is 1.45 bits per heavy atom. The smallest absolute Gasteiger partial charge is 0.0528 e. The van der Waals surface area contributed by atoms with E-state index in [1.54, 1.807) is 6.20 Å². The van der Waals surface area contributed by atoms with Crippen molar-refractivity contribution in [3.05, 3.63) is 24.0 Å². The Balaban J connectivity index is 2.07. The van der Waals surface area contributed by atoms with E-state index in [1.165, 1.54) is 24.8 Å². The lowest BCUT2D eigenvalue weighted by molar-refractivity contribution is 0.568. The summed E-state index contributed by atoms with van der Waals surface area (Å²) in [6.07, 6.45) is 7.54. The Morgan fingerprint density at radius 2 is 2.27 bits per heavy atom. The van der Waals surface area contributed by atoms with Crippen LogP contribution in [0, 0.1) is 5.41 Å². The van der Waals surface area contributed by atoms with E-state index in [-0.39, 0.29) is 0 Å². The van der Waals surface area contributed by atoms with Crippen molar-refractivity contribution in [1.82, 2.24) is 10.2 Å². The van der Waals surface area contributed by atoms with E-state index >= 15 is 0 Å². The third kappa shape index (κ3) is 1.56. The predicted octanol–water partition coefficient (Wildman–Crippen LogP) is 1.82. The van der Waals surface area contributed by atoms with Crippen molar-refractivity contribution in [1.29, 1.82) is 0 Å². The molecule has 2 nitrogen and oxygen atoms in total. The molecule has 11 heavy (non-hydrogen) atoms. The SMILES string of the molecule is CC1(Cc2ccnnc2)CC1. The number of aromatic nitrogens is 2. The fraction of sp³-hybridized carbons (Fsp3) is 0.556. The fourth-order valence-electron chi connectivity index (χ4n) is 1.31. The van der Waals surface area contributed by atoms with Gasteiger partial charge < -0.3 is 0 Å². The molecule has 1 heterocycles. The average Bonchev–Trinajstić information content (AvgIpc) is 2.70. The molecule has 0 unspecified atom stereocenters. The fourth-order valence-corrected chi connectivity index (χ4v) is 1.31. The zero-order valence-corrected chi connectivity index (χ0v) is 6.75. The molecule has 0 atom stereocenters. The third-order valence-corrected chi connectivity index (χ3v) is 2.38. The summed E-state index contributed by atoms with van der Waals surface area (Å²) in [5, 5.41) is 7.59. The van der Waals surface area contributed by atoms with Gasteiger partial charge in [0.2, 0.25) is 0 Å². The highest BCUT2D eigenvalue weighted by atomic mass is 15.1. The highest BCUT2D eigenvalue weighted by Crippen LogP contribution is 2.47. The maximum absolute atomic E-state index is 3.85. The first-order valence-corrected chi connectivity index (χ1v) is 4.04. The Hall–Kier alpha value is -0.920. The number of nitrogens with zero attached hydrogens (tertiary/aromatic N) is 2. The second-order valence-corrected chi connectivity index (χ2v) is 3.74. The van der Waals surface area contributed by atoms with E-state index in [0.29, 0.717) is 5.41 Å². The molecule has 1 aliphatic rings. The first-order chi connectivity index (χ1) is 5.29. The summed E-state index contributed by atoms with van der Waals surface area (Å²) in [5.74, 6) is 0. The molecule has 2 rings (SSSR count). The summed E-state index contributed by atoms with van der Waals surface area (Å²) in [6.45, 7) is 2.33. The second kappa shape index (κ2) is 2.29. The van der Waals surface area contributed by atoms with Crippen LogP contribution < -0.4 is 0 Å². The zero-order valence-electron chi connectivity index (χ0n) is 6.75. The van der Waals surface area contributed by atoms with Crippen LogP contribution in [0.5, 0.6) is 0 Å². The molecule has 0 aromatic carbocycles. The van der Waals surface area contributed by atoms with E-state index < -0.39 is 0 Å². The van der Waals surface area contributed by atoms with Crippen molar-refractivity contribution in [2.75, 3.05) is 0 Å². The standard InChI is InChI=1S/C9H12N2/c1-9(3-4-9)6-8-2-5-10-11-7-8/h2,5,7H,3-4,6H2,1H3. The maximum atomic E-state index is 3.85. The van der Waals surface area contributed by atoms with E-state index in [2.05, 4.69) is 23.2 Å². The molecule has 1 fully saturated rings. The molecule has 0 radical (unpaired) electrons. The van der Waals surface area contributed by atoms with E-state index in [1.807, 2.05) is 6.20 Å². The van der Waals surface area contributed by atoms with Crippen molar-refractivity contribution in [3.63, 3.8) is 0 Å². The Kier molecular flexibility index (Phi) is 1.41. The lowest BCUT2D eigenvalue weighted by Gasteiger charge is -2.05. The summed E-state index contributed by atoms with van der Waals surface area (Å²) in [4.78, 5) is 0. The molecule has 0 bridgehead atoms. The van der Waals surface area contributed by atoms with Crippen molar-refractivity contribution in [3.8, 4) is 0 Å². The first kappa shape index (κ1) is 6.77. The van der Waals surface area contributed by atoms with Crippen LogP contribution in [0.15, 0.2) is 18.5 Å². The molecule has 0 amide bonds. The molecule has 0 spiro atoms. The normalized spacial score (nSPS) is 19.7. The predicted molar refractivity (Wildman–Crippen MR) is 43.1 cm³/mol. The van der Waals surface area contributed by atoms with Crippen LogP contribution in [0.1, 0.15) is 25.3 Å². The lowest BCUT2D eigenvalue weighted by atomic mass is 10.0. The quantitative estimate of drug-likeness (QED) is 0.639. The van der Waals surface area contributed by atoms with Gasteiger partial charge in [-0.25, -0.2) is 0 Å². The molecule has 0 N–H and O–H groups in total. The van der Waals surface area contributed by atoms with Gasteiger partial charge in [-0.3, -0.25) is 0 Å². The minimum atomic E-state index is 0.586. The van der Waals surface area contributed by atoms with Crippen molar-refractivity contribution in [2.45, 2.75) is 26.2 Å². The minimum Gasteiger partial charge on any atom is -0.159 e. The monoisotopic (exact) mass is 148 g/mol. The molecular formula is C9H12N2. The van der Waals surface area contributed by atoms with Gasteiger partial charge in [-0.1, -0.05) is 6.92 Å². The van der Waals surface area contributed by atoms with Gasteiger partial charge in [0.25, 0.3) is 0 Å². The first-order valence-electron chi connectivity index (χ1n) is 4.04. The second-order valence-electron chi connectivity index (χ2n) is 3.74. The van der Waals surface area contributed by atoms with Gasteiger partial charge in [0.1, 0.15) is 0 Å². The Bertz CT molecular complexity index is 239. The Morgan fingerprint density at radius 3 is 2.82 bits per heavy atom. The van der Waals surface area contributed by atoms with Crippen molar-refractivity contribution in [2.24, 2.45) is 5.41 Å². The van der Waals surface area contributed by atoms with Crippen LogP contribution in [-0.2, 0) is 6.42 Å². The highest BCUT2D eigenvalue weighted by Gasteiger charge is 2.36. The molecule has 2 heteroatoms. The summed E-state index contributed by atoms with van der Waals surface area (Å²) in [6, 6.07) is 2.05.